The minimum absolute atomic E-state index is 0.147. The molecule has 0 spiro atoms. The Bertz CT molecular complexity index is 446. The Morgan fingerprint density at radius 3 is 2.59 bits per heavy atom. The minimum Gasteiger partial charge on any atom is -0.345 e. The number of hydrogen-bond donors (Lipinski definition) is 0. The van der Waals surface area contributed by atoms with Crippen LogP contribution in [-0.2, 0) is 0 Å². The molecule has 0 bridgehead atoms. The lowest BCUT2D eigenvalue weighted by Gasteiger charge is -2.20. The number of anilines is 1. The van der Waals surface area contributed by atoms with Crippen molar-refractivity contribution in [2.24, 2.45) is 5.92 Å². The first-order valence-electron chi connectivity index (χ1n) is 6.40. The third-order valence-corrected chi connectivity index (χ3v) is 4.79. The molecule has 0 saturated heterocycles. The molecule has 0 amide bonds. The van der Waals surface area contributed by atoms with E-state index in [0.29, 0.717) is 6.04 Å². The Kier molecular flexibility index (Phi) is 2.69. The van der Waals surface area contributed by atoms with Gasteiger partial charge in [-0.1, -0.05) is 11.3 Å². The van der Waals surface area contributed by atoms with Gasteiger partial charge in [0.2, 0.25) is 0 Å². The van der Waals surface area contributed by atoms with Crippen LogP contribution in [0.15, 0.2) is 0 Å². The summed E-state index contributed by atoms with van der Waals surface area (Å²) in [6.45, 7) is 4.72. The summed E-state index contributed by atoms with van der Waals surface area (Å²) in [4.78, 5) is 19.4. The third-order valence-electron chi connectivity index (χ3n) is 3.49. The number of rotatable bonds is 5. The average molecular weight is 250 g/mol. The number of carbonyl (C=O) groups is 1. The van der Waals surface area contributed by atoms with E-state index < -0.39 is 0 Å². The highest BCUT2D eigenvalue weighted by molar-refractivity contribution is 7.17. The summed E-state index contributed by atoms with van der Waals surface area (Å²) in [5, 5.41) is 1.07. The van der Waals surface area contributed by atoms with E-state index in [1.165, 1.54) is 25.7 Å². The van der Waals surface area contributed by atoms with E-state index in [2.05, 4.69) is 9.88 Å². The molecule has 3 rings (SSSR count). The largest absolute Gasteiger partial charge is 0.345 e. The van der Waals surface area contributed by atoms with Gasteiger partial charge in [0.15, 0.2) is 10.9 Å². The van der Waals surface area contributed by atoms with Crippen LogP contribution < -0.4 is 4.90 Å². The first-order chi connectivity index (χ1) is 8.15. The Morgan fingerprint density at radius 1 is 1.41 bits per heavy atom. The highest BCUT2D eigenvalue weighted by Crippen LogP contribution is 2.39. The fourth-order valence-electron chi connectivity index (χ4n) is 2.18. The second-order valence-electron chi connectivity index (χ2n) is 5.29. The molecule has 2 saturated carbocycles. The van der Waals surface area contributed by atoms with Crippen LogP contribution in [0.25, 0.3) is 0 Å². The predicted molar refractivity (Wildman–Crippen MR) is 69.9 cm³/mol. The van der Waals surface area contributed by atoms with Gasteiger partial charge in [0.1, 0.15) is 0 Å². The average Bonchev–Trinajstić information content (AvgIpc) is 3.14. The molecule has 3 nitrogen and oxygen atoms in total. The van der Waals surface area contributed by atoms with E-state index in [1.807, 2.05) is 6.92 Å². The molecular weight excluding hydrogens is 232 g/mol. The summed E-state index contributed by atoms with van der Waals surface area (Å²) in [5.41, 5.74) is 0.902. The second kappa shape index (κ2) is 4.09. The fourth-order valence-corrected chi connectivity index (χ4v) is 3.22. The molecule has 2 aliphatic carbocycles. The van der Waals surface area contributed by atoms with Gasteiger partial charge in [-0.2, -0.15) is 0 Å². The van der Waals surface area contributed by atoms with Crippen LogP contribution in [0.4, 0.5) is 5.13 Å². The molecule has 0 atom stereocenters. The van der Waals surface area contributed by atoms with Crippen LogP contribution >= 0.6 is 11.3 Å². The monoisotopic (exact) mass is 250 g/mol. The van der Waals surface area contributed by atoms with Gasteiger partial charge in [-0.15, -0.1) is 0 Å². The van der Waals surface area contributed by atoms with Crippen LogP contribution in [0.5, 0.6) is 0 Å². The summed E-state index contributed by atoms with van der Waals surface area (Å²) in [5.74, 6) is 1.02. The zero-order valence-electron chi connectivity index (χ0n) is 10.4. The van der Waals surface area contributed by atoms with Crippen LogP contribution in [0.3, 0.4) is 0 Å². The van der Waals surface area contributed by atoms with E-state index in [9.17, 15) is 4.79 Å². The SMILES string of the molecule is CC(=O)c1sc(N(CC2CC2)C2CC2)nc1C. The fraction of sp³-hybridized carbons (Fsp3) is 0.692. The van der Waals surface area contributed by atoms with Crippen LogP contribution in [0.1, 0.15) is 48.0 Å². The highest BCUT2D eigenvalue weighted by Gasteiger charge is 2.35. The van der Waals surface area contributed by atoms with Crippen LogP contribution in [-0.4, -0.2) is 23.4 Å². The van der Waals surface area contributed by atoms with Crippen LogP contribution in [0.2, 0.25) is 0 Å². The van der Waals surface area contributed by atoms with Gasteiger partial charge in [0, 0.05) is 19.5 Å². The molecule has 2 aliphatic rings. The highest BCUT2D eigenvalue weighted by atomic mass is 32.1. The van der Waals surface area contributed by atoms with E-state index in [-0.39, 0.29) is 5.78 Å². The molecule has 0 unspecified atom stereocenters. The number of Topliss-reactive ketones (excluding diaryl/α,β-unsaturated/α-hetero) is 1. The standard InChI is InChI=1S/C13H18N2OS/c1-8-12(9(2)16)17-13(14-8)15(11-5-6-11)7-10-3-4-10/h10-11H,3-7H2,1-2H3. The van der Waals surface area contributed by atoms with Crippen molar-refractivity contribution in [3.05, 3.63) is 10.6 Å². The smallest absolute Gasteiger partial charge is 0.186 e. The molecule has 2 fully saturated rings. The minimum atomic E-state index is 0.147. The van der Waals surface area contributed by atoms with Crippen molar-refractivity contribution in [3.8, 4) is 0 Å². The van der Waals surface area contributed by atoms with Gasteiger partial charge in [-0.05, 0) is 38.5 Å². The number of hydrogen-bond acceptors (Lipinski definition) is 4. The molecular formula is C13H18N2OS. The molecule has 92 valence electrons. The zero-order chi connectivity index (χ0) is 12.0. The molecule has 0 radical (unpaired) electrons. The summed E-state index contributed by atoms with van der Waals surface area (Å²) < 4.78 is 0. The van der Waals surface area contributed by atoms with Gasteiger partial charge in [-0.25, -0.2) is 4.98 Å². The number of aryl methyl sites for hydroxylation is 1. The number of ketones is 1. The van der Waals surface area contributed by atoms with Crippen molar-refractivity contribution in [3.63, 3.8) is 0 Å². The molecule has 1 aromatic rings. The lowest BCUT2D eigenvalue weighted by atomic mass is 10.3. The lowest BCUT2D eigenvalue weighted by Crippen LogP contribution is -2.27. The Hall–Kier alpha value is -0.900. The van der Waals surface area contributed by atoms with E-state index >= 15 is 0 Å². The van der Waals surface area contributed by atoms with Gasteiger partial charge in [0.05, 0.1) is 10.6 Å². The van der Waals surface area contributed by atoms with Gasteiger partial charge in [-0.3, -0.25) is 4.79 Å². The molecule has 17 heavy (non-hydrogen) atoms. The Balaban J connectivity index is 1.83. The van der Waals surface area contributed by atoms with E-state index in [4.69, 9.17) is 0 Å². The van der Waals surface area contributed by atoms with Gasteiger partial charge in [0.25, 0.3) is 0 Å². The Labute approximate surface area is 106 Å². The van der Waals surface area contributed by atoms with Gasteiger partial charge >= 0.3 is 0 Å². The molecule has 1 aromatic heterocycles. The number of nitrogens with zero attached hydrogens (tertiary/aromatic N) is 2. The van der Waals surface area contributed by atoms with E-state index in [1.54, 1.807) is 18.3 Å². The molecule has 4 heteroatoms. The maximum atomic E-state index is 11.5. The van der Waals surface area contributed by atoms with Gasteiger partial charge < -0.3 is 4.90 Å². The van der Waals surface area contributed by atoms with Crippen molar-refractivity contribution in [2.75, 3.05) is 11.4 Å². The summed E-state index contributed by atoms with van der Waals surface area (Å²) >= 11 is 1.58. The summed E-state index contributed by atoms with van der Waals surface area (Å²) in [6.07, 6.45) is 5.32. The second-order valence-corrected chi connectivity index (χ2v) is 6.27. The topological polar surface area (TPSA) is 33.2 Å². The zero-order valence-corrected chi connectivity index (χ0v) is 11.2. The first kappa shape index (κ1) is 11.2. The molecule has 0 N–H and O–H groups in total. The van der Waals surface area contributed by atoms with Crippen molar-refractivity contribution >= 4 is 22.3 Å². The van der Waals surface area contributed by atoms with Crippen molar-refractivity contribution in [1.82, 2.24) is 4.98 Å². The quantitative estimate of drug-likeness (QED) is 0.753. The van der Waals surface area contributed by atoms with Crippen molar-refractivity contribution in [1.29, 1.82) is 0 Å². The molecule has 0 aliphatic heterocycles. The maximum Gasteiger partial charge on any atom is 0.186 e. The first-order valence-corrected chi connectivity index (χ1v) is 7.22. The number of aromatic nitrogens is 1. The summed E-state index contributed by atoms with van der Waals surface area (Å²) in [7, 11) is 0. The third kappa shape index (κ3) is 2.37. The van der Waals surface area contributed by atoms with Crippen LogP contribution in [0, 0.1) is 12.8 Å². The van der Waals surface area contributed by atoms with Crippen molar-refractivity contribution in [2.45, 2.75) is 45.6 Å². The number of carbonyl (C=O) groups excluding carboxylic acids is 1. The number of thiazole rings is 1. The molecule has 0 aromatic carbocycles. The van der Waals surface area contributed by atoms with E-state index in [0.717, 1.165) is 28.2 Å². The van der Waals surface area contributed by atoms with Crippen molar-refractivity contribution < 1.29 is 4.79 Å². The lowest BCUT2D eigenvalue weighted by molar-refractivity contribution is 0.102. The summed E-state index contributed by atoms with van der Waals surface area (Å²) in [6, 6.07) is 0.695. The molecule has 1 heterocycles. The normalized spacial score (nSPS) is 19.4. The Morgan fingerprint density at radius 2 is 2.12 bits per heavy atom. The predicted octanol–water partition coefficient (Wildman–Crippen LogP) is 3.03. The maximum absolute atomic E-state index is 11.5.